The third-order valence-electron chi connectivity index (χ3n) is 4.16. The van der Waals surface area contributed by atoms with Crippen LogP contribution in [-0.4, -0.2) is 44.0 Å². The van der Waals surface area contributed by atoms with Gasteiger partial charge in [0.1, 0.15) is 6.04 Å². The van der Waals surface area contributed by atoms with Crippen LogP contribution in [0.25, 0.3) is 0 Å². The summed E-state index contributed by atoms with van der Waals surface area (Å²) >= 11 is 1.65. The highest BCUT2D eigenvalue weighted by Gasteiger charge is 2.21. The predicted molar refractivity (Wildman–Crippen MR) is 115 cm³/mol. The molecule has 0 bridgehead atoms. The number of hydrogen-bond donors (Lipinski definition) is 2. The molecule has 0 spiro atoms. The Hall–Kier alpha value is -2.47. The second-order valence-corrected chi connectivity index (χ2v) is 7.59. The molecule has 0 heterocycles. The van der Waals surface area contributed by atoms with Crippen molar-refractivity contribution in [2.45, 2.75) is 19.4 Å². The molecule has 2 rings (SSSR count). The Morgan fingerprint density at radius 1 is 1.11 bits per heavy atom. The molecule has 2 amide bonds. The zero-order chi connectivity index (χ0) is 19.8. The largest absolute Gasteiger partial charge is 0.378 e. The van der Waals surface area contributed by atoms with Crippen molar-refractivity contribution < 1.29 is 9.59 Å². The summed E-state index contributed by atoms with van der Waals surface area (Å²) in [7, 11) is 3.93. The van der Waals surface area contributed by atoms with Crippen molar-refractivity contribution in [3.63, 3.8) is 0 Å². The SMILES string of the molecule is CSCCC(NC(=O)c1cccc(C)c1)C(=O)Nc1ccc(N(C)C)cc1. The number of hydrogen-bond acceptors (Lipinski definition) is 4. The molecule has 0 radical (unpaired) electrons. The number of carbonyl (C=O) groups excluding carboxylic acids is 2. The molecule has 0 saturated carbocycles. The van der Waals surface area contributed by atoms with Crippen LogP contribution in [0.4, 0.5) is 11.4 Å². The minimum Gasteiger partial charge on any atom is -0.378 e. The van der Waals surface area contributed by atoms with Gasteiger partial charge in [0, 0.05) is 31.0 Å². The van der Waals surface area contributed by atoms with Crippen molar-refractivity contribution in [3.05, 3.63) is 59.7 Å². The fourth-order valence-electron chi connectivity index (χ4n) is 2.60. The Morgan fingerprint density at radius 3 is 2.41 bits per heavy atom. The van der Waals surface area contributed by atoms with E-state index < -0.39 is 6.04 Å². The molecule has 2 N–H and O–H groups in total. The second kappa shape index (κ2) is 10.0. The van der Waals surface area contributed by atoms with Gasteiger partial charge in [-0.2, -0.15) is 11.8 Å². The van der Waals surface area contributed by atoms with Gasteiger partial charge in [-0.3, -0.25) is 9.59 Å². The number of anilines is 2. The molecule has 0 aromatic heterocycles. The van der Waals surface area contributed by atoms with Crippen molar-refractivity contribution in [1.82, 2.24) is 5.32 Å². The standard InChI is InChI=1S/C21H27N3O2S/c1-15-6-5-7-16(14-15)20(25)23-19(12-13-27-4)21(26)22-17-8-10-18(11-9-17)24(2)3/h5-11,14,19H,12-13H2,1-4H3,(H,22,26)(H,23,25). The first-order valence-corrected chi connectivity index (χ1v) is 10.2. The third kappa shape index (κ3) is 6.32. The van der Waals surface area contributed by atoms with Crippen LogP contribution in [0, 0.1) is 6.92 Å². The van der Waals surface area contributed by atoms with Crippen LogP contribution in [0.3, 0.4) is 0 Å². The van der Waals surface area contributed by atoms with Crippen LogP contribution in [0.1, 0.15) is 22.3 Å². The predicted octanol–water partition coefficient (Wildman–Crippen LogP) is 3.55. The number of aryl methyl sites for hydroxylation is 1. The van der Waals surface area contributed by atoms with Gasteiger partial charge in [-0.05, 0) is 61.8 Å². The maximum Gasteiger partial charge on any atom is 0.251 e. The summed E-state index contributed by atoms with van der Waals surface area (Å²) < 4.78 is 0. The highest BCUT2D eigenvalue weighted by molar-refractivity contribution is 7.98. The van der Waals surface area contributed by atoms with Crippen molar-refractivity contribution in [3.8, 4) is 0 Å². The summed E-state index contributed by atoms with van der Waals surface area (Å²) in [5.41, 5.74) is 3.34. The lowest BCUT2D eigenvalue weighted by Gasteiger charge is -2.19. The summed E-state index contributed by atoms with van der Waals surface area (Å²) in [6.45, 7) is 1.94. The molecule has 27 heavy (non-hydrogen) atoms. The van der Waals surface area contributed by atoms with Crippen LogP contribution in [0.2, 0.25) is 0 Å². The van der Waals surface area contributed by atoms with E-state index in [-0.39, 0.29) is 11.8 Å². The maximum absolute atomic E-state index is 12.7. The van der Waals surface area contributed by atoms with Gasteiger partial charge in [-0.1, -0.05) is 17.7 Å². The minimum absolute atomic E-state index is 0.206. The summed E-state index contributed by atoms with van der Waals surface area (Å²) in [6, 6.07) is 14.4. The van der Waals surface area contributed by atoms with Crippen molar-refractivity contribution >= 4 is 35.0 Å². The van der Waals surface area contributed by atoms with Gasteiger partial charge in [0.2, 0.25) is 5.91 Å². The lowest BCUT2D eigenvalue weighted by Crippen LogP contribution is -2.44. The number of nitrogens with zero attached hydrogens (tertiary/aromatic N) is 1. The number of benzene rings is 2. The average Bonchev–Trinajstić information content (AvgIpc) is 2.65. The van der Waals surface area contributed by atoms with E-state index in [0.717, 1.165) is 17.0 Å². The molecule has 5 nitrogen and oxygen atoms in total. The molecule has 0 fully saturated rings. The topological polar surface area (TPSA) is 61.4 Å². The monoisotopic (exact) mass is 385 g/mol. The third-order valence-corrected chi connectivity index (χ3v) is 4.81. The van der Waals surface area contributed by atoms with Crippen LogP contribution in [-0.2, 0) is 4.79 Å². The fourth-order valence-corrected chi connectivity index (χ4v) is 3.08. The average molecular weight is 386 g/mol. The van der Waals surface area contributed by atoms with Gasteiger partial charge >= 0.3 is 0 Å². The number of thioether (sulfide) groups is 1. The molecular formula is C21H27N3O2S. The minimum atomic E-state index is -0.584. The molecule has 0 saturated heterocycles. The molecule has 6 heteroatoms. The molecule has 2 aromatic carbocycles. The Balaban J connectivity index is 2.07. The second-order valence-electron chi connectivity index (χ2n) is 6.61. The van der Waals surface area contributed by atoms with Crippen LogP contribution in [0.15, 0.2) is 48.5 Å². The molecule has 1 unspecified atom stereocenters. The number of nitrogens with one attached hydrogen (secondary N) is 2. The van der Waals surface area contributed by atoms with E-state index in [1.54, 1.807) is 17.8 Å². The first kappa shape index (κ1) is 20.8. The van der Waals surface area contributed by atoms with E-state index in [2.05, 4.69) is 10.6 Å². The number of amides is 2. The summed E-state index contributed by atoms with van der Waals surface area (Å²) in [5.74, 6) is 0.344. The summed E-state index contributed by atoms with van der Waals surface area (Å²) in [4.78, 5) is 27.3. The van der Waals surface area contributed by atoms with E-state index in [9.17, 15) is 9.59 Å². The highest BCUT2D eigenvalue weighted by atomic mass is 32.2. The molecule has 0 aliphatic carbocycles. The summed E-state index contributed by atoms with van der Waals surface area (Å²) in [6.07, 6.45) is 2.55. The molecule has 0 aliphatic heterocycles. The van der Waals surface area contributed by atoms with Crippen molar-refractivity contribution in [1.29, 1.82) is 0 Å². The van der Waals surface area contributed by atoms with Gasteiger partial charge in [-0.25, -0.2) is 0 Å². The van der Waals surface area contributed by atoms with E-state index in [1.807, 2.05) is 74.6 Å². The van der Waals surface area contributed by atoms with Gasteiger partial charge in [0.15, 0.2) is 0 Å². The smallest absolute Gasteiger partial charge is 0.251 e. The normalized spacial score (nSPS) is 11.6. The molecule has 2 aromatic rings. The quantitative estimate of drug-likeness (QED) is 0.729. The van der Waals surface area contributed by atoms with E-state index in [1.165, 1.54) is 0 Å². The maximum atomic E-state index is 12.7. The van der Waals surface area contributed by atoms with Gasteiger partial charge in [0.25, 0.3) is 5.91 Å². The summed E-state index contributed by atoms with van der Waals surface area (Å²) in [5, 5.41) is 5.78. The Labute approximate surface area is 165 Å². The first-order valence-electron chi connectivity index (χ1n) is 8.85. The van der Waals surface area contributed by atoms with E-state index in [0.29, 0.717) is 17.7 Å². The van der Waals surface area contributed by atoms with Crippen molar-refractivity contribution in [2.75, 3.05) is 36.3 Å². The van der Waals surface area contributed by atoms with Gasteiger partial charge in [-0.15, -0.1) is 0 Å². The van der Waals surface area contributed by atoms with Crippen molar-refractivity contribution in [2.24, 2.45) is 0 Å². The van der Waals surface area contributed by atoms with E-state index >= 15 is 0 Å². The number of rotatable bonds is 8. The first-order chi connectivity index (χ1) is 12.9. The number of carbonyl (C=O) groups is 2. The van der Waals surface area contributed by atoms with Gasteiger partial charge in [0.05, 0.1) is 0 Å². The molecule has 0 aliphatic rings. The molecular weight excluding hydrogens is 358 g/mol. The van der Waals surface area contributed by atoms with Crippen LogP contribution in [0.5, 0.6) is 0 Å². The molecule has 144 valence electrons. The Bertz CT molecular complexity index is 775. The lowest BCUT2D eigenvalue weighted by molar-refractivity contribution is -0.118. The van der Waals surface area contributed by atoms with Gasteiger partial charge < -0.3 is 15.5 Å². The van der Waals surface area contributed by atoms with Crippen LogP contribution < -0.4 is 15.5 Å². The Kier molecular flexibility index (Phi) is 7.73. The Morgan fingerprint density at radius 2 is 1.81 bits per heavy atom. The van der Waals surface area contributed by atoms with E-state index in [4.69, 9.17) is 0 Å². The lowest BCUT2D eigenvalue weighted by atomic mass is 10.1. The zero-order valence-corrected chi connectivity index (χ0v) is 17.1. The fraction of sp³-hybridized carbons (Fsp3) is 0.333. The highest BCUT2D eigenvalue weighted by Crippen LogP contribution is 2.16. The zero-order valence-electron chi connectivity index (χ0n) is 16.3. The molecule has 1 atom stereocenters. The van der Waals surface area contributed by atoms with Crippen LogP contribution >= 0.6 is 11.8 Å².